The number of carbonyl (C=O) groups is 1. The van der Waals surface area contributed by atoms with Crippen molar-refractivity contribution in [2.24, 2.45) is 5.92 Å². The molecular formula is C18H19Cl2N3O3S. The Morgan fingerprint density at radius 3 is 2.41 bits per heavy atom. The Kier molecular flexibility index (Phi) is 6.37. The fraction of sp³-hybridized carbons (Fsp3) is 0.333. The molecule has 144 valence electrons. The van der Waals surface area contributed by atoms with Crippen LogP contribution in [0.5, 0.6) is 0 Å². The second-order valence-corrected chi connectivity index (χ2v) is 9.13. The molecule has 1 aromatic carbocycles. The normalized spacial score (nSPS) is 16.2. The van der Waals surface area contributed by atoms with Gasteiger partial charge < -0.3 is 5.32 Å². The van der Waals surface area contributed by atoms with Gasteiger partial charge in [-0.25, -0.2) is 8.42 Å². The van der Waals surface area contributed by atoms with Crippen molar-refractivity contribution in [3.8, 4) is 0 Å². The number of benzene rings is 1. The van der Waals surface area contributed by atoms with Crippen LogP contribution in [-0.4, -0.2) is 36.7 Å². The van der Waals surface area contributed by atoms with Crippen LogP contribution in [0.4, 0.5) is 0 Å². The van der Waals surface area contributed by atoms with Crippen molar-refractivity contribution >= 4 is 39.1 Å². The summed E-state index contributed by atoms with van der Waals surface area (Å²) in [6, 6.07) is 9.77. The molecule has 27 heavy (non-hydrogen) atoms. The summed E-state index contributed by atoms with van der Waals surface area (Å²) in [7, 11) is -3.69. The smallest absolute Gasteiger partial charge is 0.243 e. The number of hydrogen-bond acceptors (Lipinski definition) is 4. The fourth-order valence-corrected chi connectivity index (χ4v) is 5.21. The molecule has 0 spiro atoms. The maximum absolute atomic E-state index is 12.8. The van der Waals surface area contributed by atoms with Gasteiger partial charge in [0.05, 0.1) is 17.1 Å². The first-order valence-corrected chi connectivity index (χ1v) is 10.7. The summed E-state index contributed by atoms with van der Waals surface area (Å²) >= 11 is 11.8. The Bertz CT molecular complexity index is 894. The lowest BCUT2D eigenvalue weighted by Gasteiger charge is -2.30. The van der Waals surface area contributed by atoms with Gasteiger partial charge in [-0.15, -0.1) is 0 Å². The molecule has 0 aliphatic carbocycles. The molecule has 0 unspecified atom stereocenters. The zero-order valence-electron chi connectivity index (χ0n) is 14.4. The van der Waals surface area contributed by atoms with Crippen LogP contribution in [0, 0.1) is 5.92 Å². The molecule has 0 saturated carbocycles. The molecule has 3 rings (SSSR count). The minimum atomic E-state index is -3.69. The van der Waals surface area contributed by atoms with E-state index in [1.54, 1.807) is 6.20 Å². The van der Waals surface area contributed by atoms with Crippen LogP contribution < -0.4 is 5.32 Å². The average Bonchev–Trinajstić information content (AvgIpc) is 2.66. The Morgan fingerprint density at radius 2 is 1.81 bits per heavy atom. The zero-order chi connectivity index (χ0) is 19.4. The molecule has 2 heterocycles. The quantitative estimate of drug-likeness (QED) is 0.794. The first-order valence-electron chi connectivity index (χ1n) is 8.50. The number of sulfonamides is 1. The van der Waals surface area contributed by atoms with Crippen LogP contribution in [0.25, 0.3) is 0 Å². The van der Waals surface area contributed by atoms with E-state index in [4.69, 9.17) is 23.2 Å². The summed E-state index contributed by atoms with van der Waals surface area (Å²) in [5, 5.41) is 3.40. The summed E-state index contributed by atoms with van der Waals surface area (Å²) in [5.41, 5.74) is 0.781. The zero-order valence-corrected chi connectivity index (χ0v) is 16.8. The number of hydrogen-bond donors (Lipinski definition) is 1. The minimum Gasteiger partial charge on any atom is -0.350 e. The lowest BCUT2D eigenvalue weighted by Crippen LogP contribution is -2.42. The van der Waals surface area contributed by atoms with Gasteiger partial charge in [0, 0.05) is 35.2 Å². The Labute approximate surface area is 168 Å². The van der Waals surface area contributed by atoms with Crippen LogP contribution in [0.3, 0.4) is 0 Å². The molecule has 0 radical (unpaired) electrons. The predicted molar refractivity (Wildman–Crippen MR) is 104 cm³/mol. The van der Waals surface area contributed by atoms with Gasteiger partial charge in [-0.3, -0.25) is 9.78 Å². The summed E-state index contributed by atoms with van der Waals surface area (Å²) < 4.78 is 26.9. The molecule has 2 aromatic rings. The van der Waals surface area contributed by atoms with Gasteiger partial charge in [0.25, 0.3) is 0 Å². The fourth-order valence-electron chi connectivity index (χ4n) is 3.01. The number of halogens is 2. The van der Waals surface area contributed by atoms with Gasteiger partial charge in [-0.2, -0.15) is 4.31 Å². The number of nitrogens with one attached hydrogen (secondary N) is 1. The topological polar surface area (TPSA) is 79.4 Å². The molecule has 1 aliphatic heterocycles. The van der Waals surface area contributed by atoms with Crippen LogP contribution in [0.15, 0.2) is 47.5 Å². The van der Waals surface area contributed by atoms with Crippen molar-refractivity contribution in [2.75, 3.05) is 13.1 Å². The van der Waals surface area contributed by atoms with E-state index in [-0.39, 0.29) is 39.9 Å². The van der Waals surface area contributed by atoms with Crippen molar-refractivity contribution in [3.63, 3.8) is 0 Å². The summed E-state index contributed by atoms with van der Waals surface area (Å²) in [5.74, 6) is -0.299. The molecule has 6 nitrogen and oxygen atoms in total. The monoisotopic (exact) mass is 427 g/mol. The lowest BCUT2D eigenvalue weighted by atomic mass is 9.97. The van der Waals surface area contributed by atoms with Gasteiger partial charge in [0.2, 0.25) is 15.9 Å². The first-order chi connectivity index (χ1) is 12.9. The van der Waals surface area contributed by atoms with Crippen LogP contribution >= 0.6 is 23.2 Å². The highest BCUT2D eigenvalue weighted by molar-refractivity contribution is 7.89. The number of nitrogens with zero attached hydrogens (tertiary/aromatic N) is 2. The number of pyridine rings is 1. The highest BCUT2D eigenvalue weighted by atomic mass is 35.5. The van der Waals surface area contributed by atoms with Crippen LogP contribution in [0.2, 0.25) is 10.0 Å². The maximum atomic E-state index is 12.8. The van der Waals surface area contributed by atoms with Crippen molar-refractivity contribution in [1.82, 2.24) is 14.6 Å². The third-order valence-corrected chi connectivity index (χ3v) is 6.78. The number of aromatic nitrogens is 1. The molecule has 1 N–H and O–H groups in total. The molecule has 0 bridgehead atoms. The minimum absolute atomic E-state index is 0.0676. The standard InChI is InChI=1S/C18H19Cl2N3O3S/c19-14-9-15(20)11-17(10-14)27(25,26)23-7-4-13(5-8-23)18(24)22-12-16-3-1-2-6-21-16/h1-3,6,9-11,13H,4-5,7-8,12H2,(H,22,24). The first kappa shape index (κ1) is 20.1. The number of amides is 1. The highest BCUT2D eigenvalue weighted by Crippen LogP contribution is 2.28. The molecule has 1 aliphatic rings. The summed E-state index contributed by atoms with van der Waals surface area (Å²) in [6.07, 6.45) is 2.59. The van der Waals surface area contributed by atoms with Gasteiger partial charge >= 0.3 is 0 Å². The third-order valence-electron chi connectivity index (χ3n) is 4.47. The summed E-state index contributed by atoms with van der Waals surface area (Å²) in [6.45, 7) is 0.904. The van der Waals surface area contributed by atoms with Gasteiger partial charge in [-0.1, -0.05) is 29.3 Å². The van der Waals surface area contributed by atoms with Gasteiger partial charge in [0.15, 0.2) is 0 Å². The van der Waals surface area contributed by atoms with E-state index in [1.807, 2.05) is 18.2 Å². The SMILES string of the molecule is O=C(NCc1ccccn1)C1CCN(S(=O)(=O)c2cc(Cl)cc(Cl)c2)CC1. The van der Waals surface area contributed by atoms with E-state index in [0.717, 1.165) is 5.69 Å². The summed E-state index contributed by atoms with van der Waals surface area (Å²) in [4.78, 5) is 16.6. The van der Waals surface area contributed by atoms with E-state index in [0.29, 0.717) is 19.4 Å². The largest absolute Gasteiger partial charge is 0.350 e. The second-order valence-electron chi connectivity index (χ2n) is 6.32. The Morgan fingerprint density at radius 1 is 1.15 bits per heavy atom. The second kappa shape index (κ2) is 8.56. The molecule has 1 aromatic heterocycles. The molecule has 1 amide bonds. The molecular weight excluding hydrogens is 409 g/mol. The van der Waals surface area contributed by atoms with Crippen molar-refractivity contribution in [1.29, 1.82) is 0 Å². The van der Waals surface area contributed by atoms with Crippen molar-refractivity contribution in [2.45, 2.75) is 24.3 Å². The Hall–Kier alpha value is -1.67. The van der Waals surface area contributed by atoms with Crippen molar-refractivity contribution < 1.29 is 13.2 Å². The van der Waals surface area contributed by atoms with E-state index in [1.165, 1.54) is 22.5 Å². The maximum Gasteiger partial charge on any atom is 0.243 e. The number of rotatable bonds is 5. The predicted octanol–water partition coefficient (Wildman–Crippen LogP) is 3.11. The van der Waals surface area contributed by atoms with E-state index in [9.17, 15) is 13.2 Å². The number of piperidine rings is 1. The van der Waals surface area contributed by atoms with Crippen LogP contribution in [-0.2, 0) is 21.4 Å². The van der Waals surface area contributed by atoms with Gasteiger partial charge in [0.1, 0.15) is 0 Å². The molecule has 1 saturated heterocycles. The van der Waals surface area contributed by atoms with Crippen LogP contribution in [0.1, 0.15) is 18.5 Å². The van der Waals surface area contributed by atoms with Gasteiger partial charge in [-0.05, 0) is 43.2 Å². The number of carbonyl (C=O) groups excluding carboxylic acids is 1. The Balaban J connectivity index is 1.58. The molecule has 9 heteroatoms. The average molecular weight is 428 g/mol. The van der Waals surface area contributed by atoms with E-state index < -0.39 is 10.0 Å². The van der Waals surface area contributed by atoms with E-state index in [2.05, 4.69) is 10.3 Å². The van der Waals surface area contributed by atoms with E-state index >= 15 is 0 Å². The highest BCUT2D eigenvalue weighted by Gasteiger charge is 2.32. The third kappa shape index (κ3) is 4.99. The molecule has 0 atom stereocenters. The lowest BCUT2D eigenvalue weighted by molar-refractivity contribution is -0.126. The molecule has 1 fully saturated rings. The van der Waals surface area contributed by atoms with Crippen molar-refractivity contribution in [3.05, 3.63) is 58.3 Å².